The summed E-state index contributed by atoms with van der Waals surface area (Å²) >= 11 is 1.30. The SMILES string of the molecule is CCCCOc1ccc(/C=c2/sc3nc([C@H]4COc5ccccc5O4)nn3c2=O)cc1. The summed E-state index contributed by atoms with van der Waals surface area (Å²) in [5.74, 6) is 2.62. The lowest BCUT2D eigenvalue weighted by Gasteiger charge is -2.24. The van der Waals surface area contributed by atoms with Crippen LogP contribution in [0.1, 0.15) is 37.3 Å². The van der Waals surface area contributed by atoms with E-state index in [0.717, 1.165) is 24.2 Å². The number of thiazole rings is 1. The van der Waals surface area contributed by atoms with Crippen molar-refractivity contribution in [3.8, 4) is 17.2 Å². The monoisotopic (exact) mass is 435 g/mol. The van der Waals surface area contributed by atoms with Gasteiger partial charge in [-0.25, -0.2) is 0 Å². The van der Waals surface area contributed by atoms with E-state index < -0.39 is 6.10 Å². The molecule has 1 aliphatic heterocycles. The van der Waals surface area contributed by atoms with E-state index in [1.54, 1.807) is 0 Å². The molecule has 0 amide bonds. The number of benzene rings is 2. The standard InChI is InChI=1S/C23H21N3O4S/c1-2-3-12-28-16-10-8-15(9-11-16)13-20-22(27)26-23(31-20)24-21(25-26)19-14-29-17-6-4-5-7-18(17)30-19/h4-11,13,19H,2-3,12,14H2,1H3/b20-13+/t19-/m1/s1. The minimum Gasteiger partial charge on any atom is -0.494 e. The van der Waals surface area contributed by atoms with E-state index in [1.165, 1.54) is 15.9 Å². The maximum absolute atomic E-state index is 12.8. The van der Waals surface area contributed by atoms with Gasteiger partial charge in [-0.15, -0.1) is 5.10 Å². The first-order chi connectivity index (χ1) is 15.2. The number of fused-ring (bicyclic) bond motifs is 2. The Morgan fingerprint density at radius 3 is 2.77 bits per heavy atom. The van der Waals surface area contributed by atoms with Gasteiger partial charge in [0.1, 0.15) is 12.4 Å². The fraction of sp³-hybridized carbons (Fsp3) is 0.261. The summed E-state index contributed by atoms with van der Waals surface area (Å²) in [5, 5.41) is 4.39. The highest BCUT2D eigenvalue weighted by Gasteiger charge is 2.27. The summed E-state index contributed by atoms with van der Waals surface area (Å²) in [6, 6.07) is 15.2. The van der Waals surface area contributed by atoms with Gasteiger partial charge < -0.3 is 14.2 Å². The molecule has 0 aliphatic carbocycles. The number of para-hydroxylation sites is 2. The van der Waals surface area contributed by atoms with Gasteiger partial charge in [-0.05, 0) is 42.3 Å². The number of hydrogen-bond acceptors (Lipinski definition) is 7. The van der Waals surface area contributed by atoms with E-state index in [4.69, 9.17) is 14.2 Å². The van der Waals surface area contributed by atoms with Gasteiger partial charge in [-0.1, -0.05) is 48.9 Å². The summed E-state index contributed by atoms with van der Waals surface area (Å²) in [6.45, 7) is 3.14. The van der Waals surface area contributed by atoms with Gasteiger partial charge in [-0.2, -0.15) is 9.50 Å². The third kappa shape index (κ3) is 3.98. The minimum atomic E-state index is -0.450. The molecule has 0 fully saturated rings. The van der Waals surface area contributed by atoms with Gasteiger partial charge in [-0.3, -0.25) is 4.79 Å². The van der Waals surface area contributed by atoms with E-state index >= 15 is 0 Å². The molecule has 0 radical (unpaired) electrons. The molecule has 158 valence electrons. The van der Waals surface area contributed by atoms with Crippen LogP contribution in [0.5, 0.6) is 17.2 Å². The maximum atomic E-state index is 12.8. The summed E-state index contributed by atoms with van der Waals surface area (Å²) in [5.41, 5.74) is 0.726. The summed E-state index contributed by atoms with van der Waals surface area (Å²) < 4.78 is 19.3. The zero-order chi connectivity index (χ0) is 21.2. The molecule has 2 aromatic carbocycles. The van der Waals surface area contributed by atoms with Crippen LogP contribution < -0.4 is 24.3 Å². The number of rotatable bonds is 6. The van der Waals surface area contributed by atoms with Crippen molar-refractivity contribution in [2.24, 2.45) is 0 Å². The second-order valence-corrected chi connectivity index (χ2v) is 8.22. The van der Waals surface area contributed by atoms with Crippen molar-refractivity contribution >= 4 is 22.4 Å². The Morgan fingerprint density at radius 2 is 2.00 bits per heavy atom. The highest BCUT2D eigenvalue weighted by atomic mass is 32.1. The van der Waals surface area contributed by atoms with Crippen molar-refractivity contribution < 1.29 is 14.2 Å². The number of aromatic nitrogens is 3. The normalized spacial score (nSPS) is 16.0. The average Bonchev–Trinajstić information content (AvgIpc) is 3.34. The van der Waals surface area contributed by atoms with Crippen molar-refractivity contribution in [1.82, 2.24) is 14.6 Å². The molecular weight excluding hydrogens is 414 g/mol. The van der Waals surface area contributed by atoms with Crippen LogP contribution in [-0.4, -0.2) is 27.8 Å². The molecule has 0 bridgehead atoms. The van der Waals surface area contributed by atoms with Crippen LogP contribution in [0.2, 0.25) is 0 Å². The number of ether oxygens (including phenoxy) is 3. The second-order valence-electron chi connectivity index (χ2n) is 7.22. The molecule has 5 rings (SSSR count). The molecule has 1 aliphatic rings. The van der Waals surface area contributed by atoms with E-state index in [2.05, 4.69) is 17.0 Å². The first-order valence-electron chi connectivity index (χ1n) is 10.2. The minimum absolute atomic E-state index is 0.195. The number of nitrogens with zero attached hydrogens (tertiary/aromatic N) is 3. The molecule has 0 saturated heterocycles. The van der Waals surface area contributed by atoms with Crippen LogP contribution in [0.15, 0.2) is 53.3 Å². The third-order valence-corrected chi connectivity index (χ3v) is 5.90. The van der Waals surface area contributed by atoms with Gasteiger partial charge in [0, 0.05) is 0 Å². The Kier molecular flexibility index (Phi) is 5.30. The molecule has 0 N–H and O–H groups in total. The third-order valence-electron chi connectivity index (χ3n) is 4.94. The summed E-state index contributed by atoms with van der Waals surface area (Å²) in [6.07, 6.45) is 3.52. The molecule has 1 atom stereocenters. The quantitative estimate of drug-likeness (QED) is 0.432. The van der Waals surface area contributed by atoms with Crippen LogP contribution in [0, 0.1) is 0 Å². The fourth-order valence-corrected chi connectivity index (χ4v) is 4.19. The molecule has 0 spiro atoms. The molecule has 3 heterocycles. The number of unbranched alkanes of at least 4 members (excludes halogenated alkanes) is 1. The molecule has 8 heteroatoms. The summed E-state index contributed by atoms with van der Waals surface area (Å²) in [4.78, 5) is 17.9. The van der Waals surface area contributed by atoms with Crippen LogP contribution in [0.3, 0.4) is 0 Å². The molecular formula is C23H21N3O4S. The van der Waals surface area contributed by atoms with Crippen LogP contribution in [0.25, 0.3) is 11.0 Å². The first kappa shape index (κ1) is 19.6. The molecule has 0 saturated carbocycles. The van der Waals surface area contributed by atoms with Crippen molar-refractivity contribution in [2.75, 3.05) is 13.2 Å². The molecule has 4 aromatic rings. The lowest BCUT2D eigenvalue weighted by molar-refractivity contribution is 0.0852. The Morgan fingerprint density at radius 1 is 1.19 bits per heavy atom. The van der Waals surface area contributed by atoms with Crippen molar-refractivity contribution in [3.63, 3.8) is 0 Å². The Labute approximate surface area is 182 Å². The van der Waals surface area contributed by atoms with Gasteiger partial charge >= 0.3 is 0 Å². The van der Waals surface area contributed by atoms with E-state index in [9.17, 15) is 4.79 Å². The van der Waals surface area contributed by atoms with Gasteiger partial charge in [0.2, 0.25) is 4.96 Å². The van der Waals surface area contributed by atoms with Gasteiger partial charge in [0.15, 0.2) is 23.4 Å². The average molecular weight is 436 g/mol. The Hall–Kier alpha value is -3.39. The zero-order valence-electron chi connectivity index (χ0n) is 17.0. The highest BCUT2D eigenvalue weighted by molar-refractivity contribution is 7.15. The van der Waals surface area contributed by atoms with Gasteiger partial charge in [0.05, 0.1) is 11.1 Å². The van der Waals surface area contributed by atoms with Gasteiger partial charge in [0.25, 0.3) is 5.56 Å². The molecule has 31 heavy (non-hydrogen) atoms. The predicted molar refractivity (Wildman–Crippen MR) is 118 cm³/mol. The largest absolute Gasteiger partial charge is 0.494 e. The van der Waals surface area contributed by atoms with E-state index in [-0.39, 0.29) is 5.56 Å². The molecule has 2 aromatic heterocycles. The zero-order valence-corrected chi connectivity index (χ0v) is 17.8. The van der Waals surface area contributed by atoms with Crippen molar-refractivity contribution in [2.45, 2.75) is 25.9 Å². The predicted octanol–water partition coefficient (Wildman–Crippen LogP) is 3.39. The fourth-order valence-electron chi connectivity index (χ4n) is 3.28. The van der Waals surface area contributed by atoms with E-state index in [0.29, 0.717) is 40.0 Å². The smallest absolute Gasteiger partial charge is 0.291 e. The topological polar surface area (TPSA) is 74.9 Å². The maximum Gasteiger partial charge on any atom is 0.291 e. The lowest BCUT2D eigenvalue weighted by Crippen LogP contribution is -2.26. The summed E-state index contributed by atoms with van der Waals surface area (Å²) in [7, 11) is 0. The van der Waals surface area contributed by atoms with E-state index in [1.807, 2.05) is 54.6 Å². The van der Waals surface area contributed by atoms with Crippen molar-refractivity contribution in [3.05, 3.63) is 74.8 Å². The molecule has 0 unspecified atom stereocenters. The van der Waals surface area contributed by atoms with Crippen LogP contribution >= 0.6 is 11.3 Å². The second kappa shape index (κ2) is 8.39. The number of hydrogen-bond donors (Lipinski definition) is 0. The Balaban J connectivity index is 1.37. The highest BCUT2D eigenvalue weighted by Crippen LogP contribution is 2.35. The van der Waals surface area contributed by atoms with Crippen LogP contribution in [0.4, 0.5) is 0 Å². The first-order valence-corrected chi connectivity index (χ1v) is 11.1. The van der Waals surface area contributed by atoms with Crippen LogP contribution in [-0.2, 0) is 0 Å². The lowest BCUT2D eigenvalue weighted by atomic mass is 10.2. The Bertz CT molecular complexity index is 1310. The molecule has 7 nitrogen and oxygen atoms in total. The van der Waals surface area contributed by atoms with Crippen molar-refractivity contribution in [1.29, 1.82) is 0 Å².